The molecule has 2 aromatic carbocycles. The topological polar surface area (TPSA) is 97.4 Å². The molecule has 0 saturated heterocycles. The highest BCUT2D eigenvalue weighted by Crippen LogP contribution is 2.24. The van der Waals surface area contributed by atoms with Crippen LogP contribution in [0.3, 0.4) is 0 Å². The van der Waals surface area contributed by atoms with Crippen molar-refractivity contribution in [1.29, 1.82) is 0 Å². The number of carbonyl (C=O) groups is 3. The molecule has 0 fully saturated rings. The minimum absolute atomic E-state index is 0.333. The second-order valence-electron chi connectivity index (χ2n) is 6.23. The number of nitrogens with zero attached hydrogens (tertiary/aromatic N) is 1. The van der Waals surface area contributed by atoms with Crippen LogP contribution in [0.5, 0.6) is 0 Å². The Labute approximate surface area is 185 Å². The lowest BCUT2D eigenvalue weighted by Crippen LogP contribution is -2.32. The van der Waals surface area contributed by atoms with Gasteiger partial charge in [-0.1, -0.05) is 28.1 Å². The Balaban J connectivity index is 1.44. The van der Waals surface area contributed by atoms with Gasteiger partial charge in [0.2, 0.25) is 0 Å². The van der Waals surface area contributed by atoms with E-state index in [0.29, 0.717) is 11.3 Å². The number of nitrogens with one attached hydrogen (secondary N) is 2. The molecule has 0 aliphatic carbocycles. The highest BCUT2D eigenvalue weighted by molar-refractivity contribution is 9.10. The molecule has 2 N–H and O–H groups in total. The fraction of sp³-hybridized carbons (Fsp3) is 0.143. The van der Waals surface area contributed by atoms with Crippen LogP contribution in [0.2, 0.25) is 0 Å². The van der Waals surface area contributed by atoms with Crippen LogP contribution in [-0.4, -0.2) is 35.9 Å². The second-order valence-corrected chi connectivity index (χ2v) is 8.21. The van der Waals surface area contributed by atoms with Gasteiger partial charge in [0.25, 0.3) is 11.8 Å². The fourth-order valence-corrected chi connectivity index (χ4v) is 3.39. The number of anilines is 1. The van der Waals surface area contributed by atoms with E-state index in [2.05, 4.69) is 31.5 Å². The Morgan fingerprint density at radius 1 is 1.13 bits per heavy atom. The van der Waals surface area contributed by atoms with Gasteiger partial charge in [-0.15, -0.1) is 11.3 Å². The molecule has 3 rings (SSSR count). The fourth-order valence-electron chi connectivity index (χ4n) is 2.50. The zero-order valence-corrected chi connectivity index (χ0v) is 18.4. The third kappa shape index (κ3) is 6.23. The Bertz CT molecular complexity index is 1070. The van der Waals surface area contributed by atoms with Gasteiger partial charge < -0.3 is 15.4 Å². The molecule has 0 spiro atoms. The quantitative estimate of drug-likeness (QED) is 0.494. The summed E-state index contributed by atoms with van der Waals surface area (Å²) in [5, 5.41) is 8.03. The average molecular weight is 488 g/mol. The number of aromatic nitrogens is 1. The van der Waals surface area contributed by atoms with E-state index in [9.17, 15) is 14.4 Å². The molecule has 1 heterocycles. The van der Waals surface area contributed by atoms with Gasteiger partial charge in [-0.25, -0.2) is 4.98 Å². The molecule has 0 unspecified atom stereocenters. The number of ether oxygens (including phenoxy) is 1. The molecule has 0 radical (unpaired) electrons. The van der Waals surface area contributed by atoms with Crippen LogP contribution >= 0.6 is 27.3 Å². The summed E-state index contributed by atoms with van der Waals surface area (Å²) in [6, 6.07) is 13.9. The Morgan fingerprint density at radius 2 is 1.90 bits per heavy atom. The van der Waals surface area contributed by atoms with Gasteiger partial charge in [0.1, 0.15) is 6.54 Å². The van der Waals surface area contributed by atoms with E-state index >= 15 is 0 Å². The lowest BCUT2D eigenvalue weighted by molar-refractivity contribution is -0.146. The van der Waals surface area contributed by atoms with Crippen molar-refractivity contribution in [2.75, 3.05) is 18.5 Å². The Kier molecular flexibility index (Phi) is 7.31. The molecule has 0 atom stereocenters. The van der Waals surface area contributed by atoms with Gasteiger partial charge in [-0.3, -0.25) is 14.4 Å². The highest BCUT2D eigenvalue weighted by Gasteiger charge is 2.11. The summed E-state index contributed by atoms with van der Waals surface area (Å²) in [4.78, 5) is 40.3. The zero-order valence-electron chi connectivity index (χ0n) is 16.0. The van der Waals surface area contributed by atoms with Gasteiger partial charge >= 0.3 is 5.97 Å². The van der Waals surface area contributed by atoms with Gasteiger partial charge in [0.05, 0.1) is 10.7 Å². The number of amides is 2. The predicted octanol–water partition coefficient (Wildman–Crippen LogP) is 3.79. The second kappa shape index (κ2) is 10.1. The molecule has 0 aliphatic rings. The number of hydrogen-bond donors (Lipinski definition) is 2. The molecular weight excluding hydrogens is 470 g/mol. The lowest BCUT2D eigenvalue weighted by atomic mass is 10.1. The highest BCUT2D eigenvalue weighted by atomic mass is 79.9. The number of halogens is 1. The number of benzene rings is 2. The molecule has 3 aromatic rings. The first-order valence-corrected chi connectivity index (χ1v) is 10.6. The third-order valence-electron chi connectivity index (χ3n) is 3.93. The van der Waals surface area contributed by atoms with E-state index in [1.54, 1.807) is 47.7 Å². The number of hydrogen-bond acceptors (Lipinski definition) is 6. The first-order valence-electron chi connectivity index (χ1n) is 8.92. The lowest BCUT2D eigenvalue weighted by Gasteiger charge is -2.08. The van der Waals surface area contributed by atoms with Crippen molar-refractivity contribution in [3.63, 3.8) is 0 Å². The van der Waals surface area contributed by atoms with E-state index in [4.69, 9.17) is 4.74 Å². The maximum atomic E-state index is 12.1. The average Bonchev–Trinajstić information content (AvgIpc) is 3.17. The standard InChI is InChI=1S/C21H18BrN3O4S/c1-13-24-18(12-30-13)15-3-2-4-17(9-15)25-19(26)11-29-20(27)10-23-21(28)14-5-7-16(22)8-6-14/h2-9,12H,10-11H2,1H3,(H,23,28)(H,25,26). The minimum atomic E-state index is -0.706. The maximum Gasteiger partial charge on any atom is 0.325 e. The number of thiazole rings is 1. The zero-order chi connectivity index (χ0) is 21.5. The third-order valence-corrected chi connectivity index (χ3v) is 5.23. The molecule has 1 aromatic heterocycles. The van der Waals surface area contributed by atoms with Gasteiger partial charge in [-0.05, 0) is 43.3 Å². The smallest absolute Gasteiger partial charge is 0.325 e. The van der Waals surface area contributed by atoms with Gasteiger partial charge in [0.15, 0.2) is 6.61 Å². The van der Waals surface area contributed by atoms with Crippen molar-refractivity contribution in [1.82, 2.24) is 10.3 Å². The van der Waals surface area contributed by atoms with Crippen molar-refractivity contribution in [2.45, 2.75) is 6.92 Å². The van der Waals surface area contributed by atoms with Crippen molar-refractivity contribution < 1.29 is 19.1 Å². The van der Waals surface area contributed by atoms with E-state index in [0.717, 1.165) is 20.7 Å². The van der Waals surface area contributed by atoms with E-state index in [1.165, 1.54) is 0 Å². The number of esters is 1. The van der Waals surface area contributed by atoms with Crippen LogP contribution in [0, 0.1) is 6.92 Å². The largest absolute Gasteiger partial charge is 0.454 e. The van der Waals surface area contributed by atoms with Crippen LogP contribution in [0.15, 0.2) is 58.4 Å². The molecule has 0 saturated carbocycles. The summed E-state index contributed by atoms with van der Waals surface area (Å²) >= 11 is 4.83. The van der Waals surface area contributed by atoms with Crippen LogP contribution < -0.4 is 10.6 Å². The van der Waals surface area contributed by atoms with Crippen molar-refractivity contribution >= 4 is 50.7 Å². The molecule has 0 aliphatic heterocycles. The molecule has 0 bridgehead atoms. The molecule has 7 nitrogen and oxygen atoms in total. The maximum absolute atomic E-state index is 12.1. The normalized spacial score (nSPS) is 10.3. The summed E-state index contributed by atoms with van der Waals surface area (Å²) in [5.74, 6) is -1.59. The first-order chi connectivity index (χ1) is 14.4. The summed E-state index contributed by atoms with van der Waals surface area (Å²) in [7, 11) is 0. The van der Waals surface area contributed by atoms with Gasteiger partial charge in [0, 0.05) is 26.7 Å². The van der Waals surface area contributed by atoms with Crippen LogP contribution in [-0.2, 0) is 14.3 Å². The van der Waals surface area contributed by atoms with E-state index in [-0.39, 0.29) is 6.54 Å². The summed E-state index contributed by atoms with van der Waals surface area (Å²) in [5.41, 5.74) is 2.70. The molecule has 30 heavy (non-hydrogen) atoms. The number of rotatable bonds is 7. The van der Waals surface area contributed by atoms with Crippen LogP contribution in [0.25, 0.3) is 11.3 Å². The molecular formula is C21H18BrN3O4S. The Morgan fingerprint density at radius 3 is 2.60 bits per heavy atom. The Hall–Kier alpha value is -3.04. The van der Waals surface area contributed by atoms with Crippen molar-refractivity contribution in [2.24, 2.45) is 0 Å². The van der Waals surface area contributed by atoms with Crippen molar-refractivity contribution in [3.05, 3.63) is 69.0 Å². The summed E-state index contributed by atoms with van der Waals surface area (Å²) in [6.07, 6.45) is 0. The van der Waals surface area contributed by atoms with Crippen molar-refractivity contribution in [3.8, 4) is 11.3 Å². The molecule has 154 valence electrons. The first kappa shape index (κ1) is 21.7. The molecule has 2 amide bonds. The number of carbonyl (C=O) groups excluding carboxylic acids is 3. The monoisotopic (exact) mass is 487 g/mol. The van der Waals surface area contributed by atoms with E-state index in [1.807, 2.05) is 24.4 Å². The van der Waals surface area contributed by atoms with E-state index < -0.39 is 24.4 Å². The SMILES string of the molecule is Cc1nc(-c2cccc(NC(=O)COC(=O)CNC(=O)c3ccc(Br)cc3)c2)cs1. The summed E-state index contributed by atoms with van der Waals surface area (Å²) < 4.78 is 5.76. The molecule has 9 heteroatoms. The van der Waals surface area contributed by atoms with Gasteiger partial charge in [-0.2, -0.15) is 0 Å². The number of aryl methyl sites for hydroxylation is 1. The minimum Gasteiger partial charge on any atom is -0.454 e. The van der Waals surface area contributed by atoms with Crippen LogP contribution in [0.1, 0.15) is 15.4 Å². The summed E-state index contributed by atoms with van der Waals surface area (Å²) in [6.45, 7) is 1.14. The van der Waals surface area contributed by atoms with Crippen LogP contribution in [0.4, 0.5) is 5.69 Å². The predicted molar refractivity (Wildman–Crippen MR) is 118 cm³/mol.